The highest BCUT2D eigenvalue weighted by molar-refractivity contribution is 5.75. The van der Waals surface area contributed by atoms with Gasteiger partial charge in [-0.15, -0.1) is 0 Å². The van der Waals surface area contributed by atoms with E-state index in [1.807, 2.05) is 7.05 Å². The maximum atomic E-state index is 10.6. The molecule has 0 bridgehead atoms. The molecular formula is C10H20N2O. The number of carbonyl (C=O) groups excluding carboxylic acids is 1. The van der Waals surface area contributed by atoms with Crippen LogP contribution >= 0.6 is 0 Å². The molecule has 0 heterocycles. The van der Waals surface area contributed by atoms with Gasteiger partial charge in [-0.1, -0.05) is 13.0 Å². The summed E-state index contributed by atoms with van der Waals surface area (Å²) in [5, 5.41) is 6.04. The Morgan fingerprint density at radius 3 is 2.54 bits per heavy atom. The van der Waals surface area contributed by atoms with E-state index < -0.39 is 0 Å². The van der Waals surface area contributed by atoms with Crippen molar-refractivity contribution in [2.45, 2.75) is 32.6 Å². The zero-order valence-electron chi connectivity index (χ0n) is 8.65. The van der Waals surface area contributed by atoms with E-state index in [-0.39, 0.29) is 5.78 Å². The number of Topliss-reactive ketones (excluding diaryl/α,β-unsaturated/α-hetero) is 1. The predicted molar refractivity (Wildman–Crippen MR) is 55.4 cm³/mol. The Balaban J connectivity index is 3.08. The number of ketones is 1. The molecule has 76 valence electrons. The Bertz CT molecular complexity index is 166. The van der Waals surface area contributed by atoms with Gasteiger partial charge in [0, 0.05) is 20.0 Å². The Morgan fingerprint density at radius 1 is 1.31 bits per heavy atom. The average molecular weight is 184 g/mol. The fraction of sp³-hybridized carbons (Fsp3) is 0.700. The first-order valence-corrected chi connectivity index (χ1v) is 4.76. The lowest BCUT2D eigenvalue weighted by Crippen LogP contribution is -2.23. The normalized spacial score (nSPS) is 9.38. The minimum atomic E-state index is 0.285. The first kappa shape index (κ1) is 12.0. The molecule has 3 nitrogen and oxygen atoms in total. The smallest absolute Gasteiger partial charge is 0.129 e. The molecule has 0 atom stereocenters. The number of unbranched alkanes of at least 4 members (excludes halogenated alkanes) is 2. The summed E-state index contributed by atoms with van der Waals surface area (Å²) in [6.07, 6.45) is 3.91. The molecule has 3 heteroatoms. The molecule has 0 amide bonds. The first-order chi connectivity index (χ1) is 6.16. The summed E-state index contributed by atoms with van der Waals surface area (Å²) in [5.41, 5.74) is 0. The van der Waals surface area contributed by atoms with Crippen molar-refractivity contribution >= 4 is 5.78 Å². The van der Waals surface area contributed by atoms with Gasteiger partial charge in [-0.05, 0) is 19.8 Å². The molecule has 0 aromatic rings. The van der Waals surface area contributed by atoms with Gasteiger partial charge in [-0.25, -0.2) is 0 Å². The van der Waals surface area contributed by atoms with Crippen molar-refractivity contribution in [1.29, 1.82) is 0 Å². The topological polar surface area (TPSA) is 41.1 Å². The van der Waals surface area contributed by atoms with Gasteiger partial charge < -0.3 is 15.4 Å². The van der Waals surface area contributed by atoms with Crippen molar-refractivity contribution in [2.24, 2.45) is 0 Å². The van der Waals surface area contributed by atoms with Crippen LogP contribution in [-0.2, 0) is 4.79 Å². The fourth-order valence-corrected chi connectivity index (χ4v) is 1.00. The van der Waals surface area contributed by atoms with Crippen LogP contribution in [0.2, 0.25) is 0 Å². The van der Waals surface area contributed by atoms with Crippen molar-refractivity contribution in [1.82, 2.24) is 10.6 Å². The third-order valence-corrected chi connectivity index (χ3v) is 1.85. The number of hydrogen-bond donors (Lipinski definition) is 2. The third-order valence-electron chi connectivity index (χ3n) is 1.85. The summed E-state index contributed by atoms with van der Waals surface area (Å²) < 4.78 is 0. The summed E-state index contributed by atoms with van der Waals surface area (Å²) >= 11 is 0. The molecule has 0 aliphatic rings. The van der Waals surface area contributed by atoms with Crippen LogP contribution in [0.15, 0.2) is 12.4 Å². The summed E-state index contributed by atoms with van der Waals surface area (Å²) in [4.78, 5) is 10.6. The van der Waals surface area contributed by atoms with E-state index in [4.69, 9.17) is 0 Å². The number of nitrogens with one attached hydrogen (secondary N) is 2. The molecule has 0 aromatic heterocycles. The van der Waals surface area contributed by atoms with E-state index in [0.717, 1.165) is 31.6 Å². The molecule has 0 aliphatic carbocycles. The van der Waals surface area contributed by atoms with Gasteiger partial charge in [-0.3, -0.25) is 0 Å². The largest absolute Gasteiger partial charge is 0.375 e. The lowest BCUT2D eigenvalue weighted by molar-refractivity contribution is -0.117. The van der Waals surface area contributed by atoms with E-state index in [2.05, 4.69) is 17.2 Å². The zero-order chi connectivity index (χ0) is 10.1. The van der Waals surface area contributed by atoms with Crippen molar-refractivity contribution in [3.8, 4) is 0 Å². The minimum absolute atomic E-state index is 0.285. The Hall–Kier alpha value is -0.990. The average Bonchev–Trinajstić information content (AvgIpc) is 2.10. The van der Waals surface area contributed by atoms with Crippen LogP contribution in [0.5, 0.6) is 0 Å². The Morgan fingerprint density at radius 2 is 2.00 bits per heavy atom. The summed E-state index contributed by atoms with van der Waals surface area (Å²) in [6, 6.07) is 0. The first-order valence-electron chi connectivity index (χ1n) is 4.76. The highest BCUT2D eigenvalue weighted by Crippen LogP contribution is 1.99. The lowest BCUT2D eigenvalue weighted by Gasteiger charge is -2.07. The number of rotatable bonds is 8. The fourth-order valence-electron chi connectivity index (χ4n) is 1.00. The molecule has 0 unspecified atom stereocenters. The maximum Gasteiger partial charge on any atom is 0.129 e. The van der Waals surface area contributed by atoms with Crippen LogP contribution < -0.4 is 10.6 Å². The molecule has 0 aliphatic heterocycles. The number of carbonyl (C=O) groups is 1. The summed E-state index contributed by atoms with van der Waals surface area (Å²) in [7, 11) is 1.84. The van der Waals surface area contributed by atoms with Crippen LogP contribution in [0.25, 0.3) is 0 Å². The van der Waals surface area contributed by atoms with Gasteiger partial charge >= 0.3 is 0 Å². The van der Waals surface area contributed by atoms with E-state index in [1.165, 1.54) is 0 Å². The third kappa shape index (κ3) is 8.92. The second-order valence-corrected chi connectivity index (χ2v) is 3.17. The van der Waals surface area contributed by atoms with Gasteiger partial charge in [0.15, 0.2) is 0 Å². The molecule has 0 saturated carbocycles. The van der Waals surface area contributed by atoms with Gasteiger partial charge in [0.2, 0.25) is 0 Å². The molecule has 0 aromatic carbocycles. The van der Waals surface area contributed by atoms with Gasteiger partial charge in [0.1, 0.15) is 5.78 Å². The second-order valence-electron chi connectivity index (χ2n) is 3.17. The van der Waals surface area contributed by atoms with Crippen molar-refractivity contribution in [3.63, 3.8) is 0 Å². The standard InChI is InChI=1S/C10H20N2O/c1-9(13)7-5-4-6-8-12-10(2)11-3/h11-12H,2,4-8H2,1,3H3. The second kappa shape index (κ2) is 7.65. The van der Waals surface area contributed by atoms with Crippen molar-refractivity contribution < 1.29 is 4.79 Å². The molecule has 0 fully saturated rings. The van der Waals surface area contributed by atoms with E-state index in [9.17, 15) is 4.79 Å². The molecule has 0 rings (SSSR count). The summed E-state index contributed by atoms with van der Waals surface area (Å²) in [6.45, 7) is 6.31. The predicted octanol–water partition coefficient (Wildman–Crippen LogP) is 1.42. The highest BCUT2D eigenvalue weighted by Gasteiger charge is 1.93. The SMILES string of the molecule is C=C(NC)NCCCCCC(C)=O. The molecule has 0 saturated heterocycles. The highest BCUT2D eigenvalue weighted by atomic mass is 16.1. The van der Waals surface area contributed by atoms with Gasteiger partial charge in [-0.2, -0.15) is 0 Å². The molecule has 13 heavy (non-hydrogen) atoms. The molecule has 0 radical (unpaired) electrons. The van der Waals surface area contributed by atoms with Crippen LogP contribution in [0.1, 0.15) is 32.6 Å². The Kier molecular flexibility index (Phi) is 7.07. The van der Waals surface area contributed by atoms with Crippen LogP contribution in [0.4, 0.5) is 0 Å². The maximum absolute atomic E-state index is 10.6. The molecule has 2 N–H and O–H groups in total. The number of hydrogen-bond acceptors (Lipinski definition) is 3. The zero-order valence-corrected chi connectivity index (χ0v) is 8.65. The van der Waals surface area contributed by atoms with Gasteiger partial charge in [0.25, 0.3) is 0 Å². The molecule has 0 spiro atoms. The van der Waals surface area contributed by atoms with Crippen LogP contribution in [0, 0.1) is 0 Å². The quantitative estimate of drug-likeness (QED) is 0.560. The van der Waals surface area contributed by atoms with Crippen molar-refractivity contribution in [3.05, 3.63) is 12.4 Å². The van der Waals surface area contributed by atoms with Crippen molar-refractivity contribution in [2.75, 3.05) is 13.6 Å². The monoisotopic (exact) mass is 184 g/mol. The van der Waals surface area contributed by atoms with Crippen LogP contribution in [0.3, 0.4) is 0 Å². The minimum Gasteiger partial charge on any atom is -0.375 e. The van der Waals surface area contributed by atoms with E-state index >= 15 is 0 Å². The van der Waals surface area contributed by atoms with Gasteiger partial charge in [0.05, 0.1) is 5.82 Å². The lowest BCUT2D eigenvalue weighted by atomic mass is 10.1. The van der Waals surface area contributed by atoms with E-state index in [1.54, 1.807) is 6.92 Å². The Labute approximate surface area is 80.6 Å². The molecular weight excluding hydrogens is 164 g/mol. The summed E-state index contributed by atoms with van der Waals surface area (Å²) in [5.74, 6) is 1.14. The van der Waals surface area contributed by atoms with Crippen LogP contribution in [-0.4, -0.2) is 19.4 Å². The van der Waals surface area contributed by atoms with E-state index in [0.29, 0.717) is 6.42 Å².